The minimum absolute atomic E-state index is 0.109. The molecule has 1 aliphatic rings. The van der Waals surface area contributed by atoms with Gasteiger partial charge in [-0.1, -0.05) is 0 Å². The molecule has 0 saturated heterocycles. The molecule has 1 aliphatic heterocycles. The van der Waals surface area contributed by atoms with Gasteiger partial charge in [-0.3, -0.25) is 4.90 Å². The van der Waals surface area contributed by atoms with Gasteiger partial charge in [0, 0.05) is 35.8 Å². The molecule has 0 fully saturated rings. The lowest BCUT2D eigenvalue weighted by atomic mass is 10.0. The van der Waals surface area contributed by atoms with Crippen LogP contribution in [0.4, 0.5) is 0 Å². The fourth-order valence-corrected chi connectivity index (χ4v) is 4.09. The van der Waals surface area contributed by atoms with Gasteiger partial charge in [0.2, 0.25) is 5.75 Å². The van der Waals surface area contributed by atoms with Gasteiger partial charge in [-0.2, -0.15) is 0 Å². The molecule has 24 heavy (non-hydrogen) atoms. The lowest BCUT2D eigenvalue weighted by Crippen LogP contribution is -2.27. The van der Waals surface area contributed by atoms with E-state index in [1.54, 1.807) is 32.7 Å². The fraction of sp³-hybridized carbons (Fsp3) is 0.471. The normalized spacial score (nSPS) is 17.0. The minimum atomic E-state index is 0.109. The molecule has 0 amide bonds. The summed E-state index contributed by atoms with van der Waals surface area (Å²) >= 11 is 1.68. The molecule has 2 N–H and O–H groups in total. The molecule has 0 aliphatic carbocycles. The van der Waals surface area contributed by atoms with Gasteiger partial charge in [0.15, 0.2) is 11.5 Å². The summed E-state index contributed by atoms with van der Waals surface area (Å²) in [6.07, 6.45) is 0. The fourth-order valence-electron chi connectivity index (χ4n) is 3.30. The van der Waals surface area contributed by atoms with E-state index < -0.39 is 0 Å². The highest BCUT2D eigenvalue weighted by molar-refractivity contribution is 7.09. The van der Waals surface area contributed by atoms with E-state index in [1.165, 1.54) is 0 Å². The molecule has 0 radical (unpaired) electrons. The van der Waals surface area contributed by atoms with Gasteiger partial charge in [-0.25, -0.2) is 4.98 Å². The number of methoxy groups -OCH3 is 3. The monoisotopic (exact) mass is 349 g/mol. The number of nitrogens with two attached hydrogens (primary N) is 1. The molecule has 0 bridgehead atoms. The molecule has 130 valence electrons. The van der Waals surface area contributed by atoms with Crippen molar-refractivity contribution in [2.45, 2.75) is 26.1 Å². The Balaban J connectivity index is 2.00. The molecule has 6 nitrogen and oxygen atoms in total. The molecule has 1 unspecified atom stereocenters. The van der Waals surface area contributed by atoms with Crippen LogP contribution >= 0.6 is 11.3 Å². The number of aryl methyl sites for hydroxylation is 1. The first-order chi connectivity index (χ1) is 11.6. The van der Waals surface area contributed by atoms with Crippen molar-refractivity contribution < 1.29 is 14.2 Å². The average molecular weight is 349 g/mol. The first kappa shape index (κ1) is 17.0. The third-order valence-corrected chi connectivity index (χ3v) is 5.31. The van der Waals surface area contributed by atoms with Crippen LogP contribution < -0.4 is 19.9 Å². The summed E-state index contributed by atoms with van der Waals surface area (Å²) in [5.41, 5.74) is 9.38. The number of aromatic nitrogens is 1. The number of ether oxygens (including phenoxy) is 3. The van der Waals surface area contributed by atoms with E-state index in [2.05, 4.69) is 15.3 Å². The van der Waals surface area contributed by atoms with Crippen molar-refractivity contribution in [3.05, 3.63) is 33.3 Å². The second-order valence-electron chi connectivity index (χ2n) is 5.75. The van der Waals surface area contributed by atoms with E-state index in [9.17, 15) is 0 Å². The molecule has 2 aromatic rings. The molecular weight excluding hydrogens is 326 g/mol. The number of nitrogens with zero attached hydrogens (tertiary/aromatic N) is 2. The molecule has 1 aromatic carbocycles. The quantitative estimate of drug-likeness (QED) is 0.864. The van der Waals surface area contributed by atoms with Crippen LogP contribution in [0.15, 0.2) is 11.4 Å². The smallest absolute Gasteiger partial charge is 0.203 e. The van der Waals surface area contributed by atoms with Gasteiger partial charge in [-0.15, -0.1) is 11.3 Å². The van der Waals surface area contributed by atoms with Crippen molar-refractivity contribution in [1.29, 1.82) is 0 Å². The summed E-state index contributed by atoms with van der Waals surface area (Å²) in [5.74, 6) is 2.02. The van der Waals surface area contributed by atoms with Crippen molar-refractivity contribution in [2.75, 3.05) is 27.9 Å². The Morgan fingerprint density at radius 1 is 1.25 bits per heavy atom. The van der Waals surface area contributed by atoms with Crippen molar-refractivity contribution in [3.8, 4) is 17.2 Å². The Labute approximate surface area is 146 Å². The Morgan fingerprint density at radius 3 is 2.54 bits per heavy atom. The van der Waals surface area contributed by atoms with E-state index in [0.717, 1.165) is 40.7 Å². The van der Waals surface area contributed by atoms with Crippen LogP contribution in [0.2, 0.25) is 0 Å². The van der Waals surface area contributed by atoms with Gasteiger partial charge in [0.1, 0.15) is 5.01 Å². The van der Waals surface area contributed by atoms with Crippen LogP contribution in [0.25, 0.3) is 0 Å². The molecule has 7 heteroatoms. The summed E-state index contributed by atoms with van der Waals surface area (Å²) in [6.45, 7) is 4.05. The zero-order valence-electron chi connectivity index (χ0n) is 14.5. The maximum absolute atomic E-state index is 6.08. The Kier molecular flexibility index (Phi) is 4.93. The standard InChI is InChI=1S/C17H23N3O3S/c1-10-9-24-15(19-10)8-20-7-12-11(13(20)6-18)5-14(21-2)17(23-4)16(12)22-3/h5,9,13H,6-8,18H2,1-4H3. The third-order valence-electron chi connectivity index (χ3n) is 4.36. The topological polar surface area (TPSA) is 69.8 Å². The largest absolute Gasteiger partial charge is 0.493 e. The van der Waals surface area contributed by atoms with Crippen LogP contribution in [0.3, 0.4) is 0 Å². The van der Waals surface area contributed by atoms with Crippen molar-refractivity contribution in [2.24, 2.45) is 5.73 Å². The molecule has 0 spiro atoms. The van der Waals surface area contributed by atoms with Gasteiger partial charge in [0.05, 0.1) is 27.9 Å². The van der Waals surface area contributed by atoms with E-state index in [0.29, 0.717) is 18.0 Å². The van der Waals surface area contributed by atoms with Crippen molar-refractivity contribution in [1.82, 2.24) is 9.88 Å². The first-order valence-electron chi connectivity index (χ1n) is 7.79. The number of fused-ring (bicyclic) bond motifs is 1. The van der Waals surface area contributed by atoms with E-state index in [4.69, 9.17) is 19.9 Å². The highest BCUT2D eigenvalue weighted by Crippen LogP contribution is 2.48. The van der Waals surface area contributed by atoms with Crippen LogP contribution in [0.1, 0.15) is 27.9 Å². The Morgan fingerprint density at radius 2 is 2.00 bits per heavy atom. The maximum Gasteiger partial charge on any atom is 0.203 e. The Hall–Kier alpha value is -1.83. The van der Waals surface area contributed by atoms with E-state index in [-0.39, 0.29) is 6.04 Å². The summed E-state index contributed by atoms with van der Waals surface area (Å²) in [6, 6.07) is 2.12. The zero-order chi connectivity index (χ0) is 17.3. The van der Waals surface area contributed by atoms with Crippen molar-refractivity contribution >= 4 is 11.3 Å². The van der Waals surface area contributed by atoms with Gasteiger partial charge in [0.25, 0.3) is 0 Å². The summed E-state index contributed by atoms with van der Waals surface area (Å²) in [4.78, 5) is 6.89. The second kappa shape index (κ2) is 6.96. The predicted octanol–water partition coefficient (Wildman–Crippen LogP) is 2.49. The molecule has 1 atom stereocenters. The van der Waals surface area contributed by atoms with Gasteiger partial charge < -0.3 is 19.9 Å². The summed E-state index contributed by atoms with van der Waals surface area (Å²) < 4.78 is 16.6. The van der Waals surface area contributed by atoms with E-state index in [1.807, 2.05) is 13.0 Å². The number of thiazole rings is 1. The van der Waals surface area contributed by atoms with Gasteiger partial charge >= 0.3 is 0 Å². The van der Waals surface area contributed by atoms with Gasteiger partial charge in [-0.05, 0) is 18.6 Å². The molecular formula is C17H23N3O3S. The average Bonchev–Trinajstić information content (AvgIpc) is 3.15. The highest BCUT2D eigenvalue weighted by atomic mass is 32.1. The van der Waals surface area contributed by atoms with E-state index >= 15 is 0 Å². The van der Waals surface area contributed by atoms with Crippen LogP contribution in [0, 0.1) is 6.92 Å². The highest BCUT2D eigenvalue weighted by Gasteiger charge is 2.35. The third kappa shape index (κ3) is 2.83. The molecule has 2 heterocycles. The molecule has 0 saturated carbocycles. The molecule has 3 rings (SSSR count). The van der Waals surface area contributed by atoms with Crippen LogP contribution in [-0.4, -0.2) is 37.8 Å². The number of hydrogen-bond acceptors (Lipinski definition) is 7. The minimum Gasteiger partial charge on any atom is -0.493 e. The lowest BCUT2D eigenvalue weighted by Gasteiger charge is -2.22. The predicted molar refractivity (Wildman–Crippen MR) is 94.0 cm³/mol. The maximum atomic E-state index is 6.08. The number of benzene rings is 1. The number of hydrogen-bond donors (Lipinski definition) is 1. The summed E-state index contributed by atoms with van der Waals surface area (Å²) in [5, 5.41) is 3.17. The van der Waals surface area contributed by atoms with Crippen molar-refractivity contribution in [3.63, 3.8) is 0 Å². The first-order valence-corrected chi connectivity index (χ1v) is 8.67. The summed E-state index contributed by atoms with van der Waals surface area (Å²) in [7, 11) is 4.91. The second-order valence-corrected chi connectivity index (χ2v) is 6.69. The zero-order valence-corrected chi connectivity index (χ0v) is 15.3. The number of rotatable bonds is 6. The SMILES string of the molecule is COc1cc2c(c(OC)c1OC)CN(Cc1nc(C)cs1)C2CN. The van der Waals surface area contributed by atoms with Crippen LogP contribution in [0.5, 0.6) is 17.2 Å². The van der Waals surface area contributed by atoms with Crippen LogP contribution in [-0.2, 0) is 13.1 Å². The lowest BCUT2D eigenvalue weighted by molar-refractivity contribution is 0.209. The Bertz CT molecular complexity index is 732. The molecule has 1 aromatic heterocycles.